The van der Waals surface area contributed by atoms with Crippen LogP contribution in [-0.2, 0) is 16.4 Å². The van der Waals surface area contributed by atoms with Crippen LogP contribution >= 0.6 is 0 Å². The molecule has 5 nitrogen and oxygen atoms in total. The van der Waals surface area contributed by atoms with Crippen LogP contribution in [0.25, 0.3) is 0 Å². The van der Waals surface area contributed by atoms with Crippen molar-refractivity contribution in [3.63, 3.8) is 0 Å². The van der Waals surface area contributed by atoms with Gasteiger partial charge in [-0.05, 0) is 32.4 Å². The van der Waals surface area contributed by atoms with Crippen LogP contribution in [0.1, 0.15) is 22.6 Å². The molecule has 2 rings (SSSR count). The lowest BCUT2D eigenvalue weighted by Crippen LogP contribution is -2.26. The van der Waals surface area contributed by atoms with Gasteiger partial charge in [-0.3, -0.25) is 0 Å². The van der Waals surface area contributed by atoms with Crippen LogP contribution < -0.4 is 4.72 Å². The predicted octanol–water partition coefficient (Wildman–Crippen LogP) is 2.12. The molecule has 0 unspecified atom stereocenters. The van der Waals surface area contributed by atoms with Crippen molar-refractivity contribution in [2.45, 2.75) is 32.1 Å². The topological polar surface area (TPSA) is 72.2 Å². The molecule has 20 heavy (non-hydrogen) atoms. The molecule has 6 heteroatoms. The van der Waals surface area contributed by atoms with Gasteiger partial charge >= 0.3 is 0 Å². The summed E-state index contributed by atoms with van der Waals surface area (Å²) in [6.45, 7) is 5.83. The first-order chi connectivity index (χ1) is 9.38. The predicted molar refractivity (Wildman–Crippen MR) is 76.0 cm³/mol. The van der Waals surface area contributed by atoms with Crippen LogP contribution in [0.5, 0.6) is 0 Å². The number of aromatic nitrogens is 1. The summed E-state index contributed by atoms with van der Waals surface area (Å²) < 4.78 is 32.0. The molecule has 0 atom stereocenters. The van der Waals surface area contributed by atoms with Gasteiger partial charge in [-0.1, -0.05) is 22.9 Å². The number of nitrogens with one attached hydrogen (secondary N) is 1. The van der Waals surface area contributed by atoms with Gasteiger partial charge in [-0.15, -0.1) is 0 Å². The number of hydrogen-bond donors (Lipinski definition) is 1. The van der Waals surface area contributed by atoms with Crippen molar-refractivity contribution in [2.24, 2.45) is 0 Å². The molecule has 2 aromatic rings. The van der Waals surface area contributed by atoms with E-state index in [1.807, 2.05) is 19.9 Å². The van der Waals surface area contributed by atoms with Crippen LogP contribution in [0.4, 0.5) is 0 Å². The fourth-order valence-corrected chi connectivity index (χ4v) is 3.28. The van der Waals surface area contributed by atoms with Crippen molar-refractivity contribution in [1.29, 1.82) is 0 Å². The van der Waals surface area contributed by atoms with Gasteiger partial charge in [0.15, 0.2) is 0 Å². The first-order valence-corrected chi connectivity index (χ1v) is 7.86. The maximum absolute atomic E-state index is 12.2. The minimum atomic E-state index is -3.48. The number of hydrogen-bond acceptors (Lipinski definition) is 4. The maximum Gasteiger partial charge on any atom is 0.240 e. The van der Waals surface area contributed by atoms with Crippen molar-refractivity contribution >= 4 is 10.0 Å². The van der Waals surface area contributed by atoms with Crippen LogP contribution in [0, 0.1) is 20.8 Å². The minimum absolute atomic E-state index is 0.282. The Morgan fingerprint density at radius 2 is 1.95 bits per heavy atom. The lowest BCUT2D eigenvalue weighted by molar-refractivity contribution is 0.379. The molecule has 0 saturated heterocycles. The van der Waals surface area contributed by atoms with Gasteiger partial charge in [0.2, 0.25) is 10.0 Å². The van der Waals surface area contributed by atoms with E-state index in [1.54, 1.807) is 25.1 Å². The first-order valence-electron chi connectivity index (χ1n) is 6.37. The van der Waals surface area contributed by atoms with Crippen LogP contribution in [-0.4, -0.2) is 20.1 Å². The van der Waals surface area contributed by atoms with E-state index in [4.69, 9.17) is 4.52 Å². The molecular weight excluding hydrogens is 276 g/mol. The largest absolute Gasteiger partial charge is 0.361 e. The lowest BCUT2D eigenvalue weighted by Gasteiger charge is -2.09. The summed E-state index contributed by atoms with van der Waals surface area (Å²) >= 11 is 0. The highest BCUT2D eigenvalue weighted by molar-refractivity contribution is 7.89. The Morgan fingerprint density at radius 3 is 2.55 bits per heavy atom. The summed E-state index contributed by atoms with van der Waals surface area (Å²) in [5.74, 6) is 0.672. The molecule has 108 valence electrons. The molecule has 0 saturated carbocycles. The second-order valence-corrected chi connectivity index (χ2v) is 6.59. The standard InChI is InChI=1S/C14H18N2O3S/c1-10-4-5-14(11(2)8-10)20(17,18)15-7-6-13-9-12(3)16-19-13/h4-5,8-9,15H,6-7H2,1-3H3. The molecule has 0 spiro atoms. The molecule has 1 heterocycles. The molecule has 0 aliphatic rings. The maximum atomic E-state index is 12.2. The molecule has 0 radical (unpaired) electrons. The van der Waals surface area contributed by atoms with Crippen LogP contribution in [0.15, 0.2) is 33.7 Å². The summed E-state index contributed by atoms with van der Waals surface area (Å²) in [7, 11) is -3.48. The van der Waals surface area contributed by atoms with E-state index in [2.05, 4.69) is 9.88 Å². The fourth-order valence-electron chi connectivity index (χ4n) is 2.02. The van der Waals surface area contributed by atoms with Crippen molar-refractivity contribution in [3.8, 4) is 0 Å². The second-order valence-electron chi connectivity index (χ2n) is 4.85. The molecule has 0 bridgehead atoms. The third kappa shape index (κ3) is 3.46. The normalized spacial score (nSPS) is 11.8. The molecular formula is C14H18N2O3S. The van der Waals surface area contributed by atoms with E-state index in [1.165, 1.54) is 0 Å². The Balaban J connectivity index is 2.04. The SMILES string of the molecule is Cc1ccc(S(=O)(=O)NCCc2cc(C)no2)c(C)c1. The number of nitrogens with zero attached hydrogens (tertiary/aromatic N) is 1. The van der Waals surface area contributed by atoms with E-state index in [9.17, 15) is 8.42 Å². The summed E-state index contributed by atoms with van der Waals surface area (Å²) in [5, 5.41) is 3.76. The van der Waals surface area contributed by atoms with Gasteiger partial charge in [0.1, 0.15) is 5.76 Å². The first kappa shape index (κ1) is 14.7. The Bertz CT molecular complexity index is 705. The Morgan fingerprint density at radius 1 is 1.20 bits per heavy atom. The van der Waals surface area contributed by atoms with Gasteiger partial charge in [-0.2, -0.15) is 0 Å². The Kier molecular flexibility index (Phi) is 4.25. The molecule has 0 aliphatic carbocycles. The summed E-state index contributed by atoms with van der Waals surface area (Å²) in [6.07, 6.45) is 0.477. The lowest BCUT2D eigenvalue weighted by atomic mass is 10.2. The van der Waals surface area contributed by atoms with E-state index < -0.39 is 10.0 Å². The zero-order valence-corrected chi connectivity index (χ0v) is 12.6. The number of rotatable bonds is 5. The van der Waals surface area contributed by atoms with Gasteiger partial charge in [0, 0.05) is 19.0 Å². The van der Waals surface area contributed by atoms with Gasteiger partial charge in [0.05, 0.1) is 10.6 Å². The average molecular weight is 294 g/mol. The van der Waals surface area contributed by atoms with E-state index in [0.717, 1.165) is 16.8 Å². The molecule has 1 N–H and O–H groups in total. The molecule has 1 aromatic heterocycles. The van der Waals surface area contributed by atoms with Crippen molar-refractivity contribution in [3.05, 3.63) is 46.8 Å². The average Bonchev–Trinajstić information content (AvgIpc) is 2.74. The Hall–Kier alpha value is -1.66. The van der Waals surface area contributed by atoms with Crippen molar-refractivity contribution < 1.29 is 12.9 Å². The number of benzene rings is 1. The van der Waals surface area contributed by atoms with Gasteiger partial charge in [0.25, 0.3) is 0 Å². The molecule has 0 fully saturated rings. The summed E-state index contributed by atoms with van der Waals surface area (Å²) in [6, 6.07) is 7.08. The molecule has 0 amide bonds. The van der Waals surface area contributed by atoms with Crippen LogP contribution in [0.2, 0.25) is 0 Å². The quantitative estimate of drug-likeness (QED) is 0.917. The second kappa shape index (κ2) is 5.76. The highest BCUT2D eigenvalue weighted by Gasteiger charge is 2.16. The van der Waals surface area contributed by atoms with Gasteiger partial charge < -0.3 is 4.52 Å². The van der Waals surface area contributed by atoms with E-state index in [0.29, 0.717) is 17.1 Å². The highest BCUT2D eigenvalue weighted by Crippen LogP contribution is 2.16. The zero-order chi connectivity index (χ0) is 14.8. The monoisotopic (exact) mass is 294 g/mol. The van der Waals surface area contributed by atoms with Crippen LogP contribution in [0.3, 0.4) is 0 Å². The van der Waals surface area contributed by atoms with Crippen molar-refractivity contribution in [1.82, 2.24) is 9.88 Å². The third-order valence-electron chi connectivity index (χ3n) is 2.96. The fraction of sp³-hybridized carbons (Fsp3) is 0.357. The Labute approximate surface area is 119 Å². The minimum Gasteiger partial charge on any atom is -0.361 e. The molecule has 0 aliphatic heterocycles. The van der Waals surface area contributed by atoms with E-state index in [-0.39, 0.29) is 6.54 Å². The molecule has 1 aromatic carbocycles. The van der Waals surface area contributed by atoms with Gasteiger partial charge in [-0.25, -0.2) is 13.1 Å². The third-order valence-corrected chi connectivity index (χ3v) is 4.58. The zero-order valence-electron chi connectivity index (χ0n) is 11.8. The van der Waals surface area contributed by atoms with Crippen molar-refractivity contribution in [2.75, 3.05) is 6.54 Å². The summed E-state index contributed by atoms with van der Waals surface area (Å²) in [5.41, 5.74) is 2.57. The number of sulfonamides is 1. The smallest absolute Gasteiger partial charge is 0.240 e. The highest BCUT2D eigenvalue weighted by atomic mass is 32.2. The van der Waals surface area contributed by atoms with E-state index >= 15 is 0 Å². The number of aryl methyl sites for hydroxylation is 3. The summed E-state index contributed by atoms with van der Waals surface area (Å²) in [4.78, 5) is 0.317.